The van der Waals surface area contributed by atoms with Crippen molar-refractivity contribution >= 4 is 29.3 Å². The number of amides is 2. The van der Waals surface area contributed by atoms with E-state index in [1.165, 1.54) is 0 Å². The molecule has 9 heteroatoms. The number of morpholine rings is 1. The molecule has 1 aromatic carbocycles. The van der Waals surface area contributed by atoms with Crippen molar-refractivity contribution in [1.82, 2.24) is 9.80 Å². The summed E-state index contributed by atoms with van der Waals surface area (Å²) in [6, 6.07) is 6.06. The molecule has 1 N–H and O–H groups in total. The Bertz CT molecular complexity index is 691. The van der Waals surface area contributed by atoms with E-state index in [0.29, 0.717) is 61.7 Å². The fourth-order valence-electron chi connectivity index (χ4n) is 3.71. The molecule has 3 rings (SSSR count). The monoisotopic (exact) mass is 427 g/mol. The number of nitrogens with one attached hydrogen (secondary N) is 1. The molecule has 2 fully saturated rings. The predicted molar refractivity (Wildman–Crippen MR) is 108 cm³/mol. The molecule has 2 saturated heterocycles. The van der Waals surface area contributed by atoms with Crippen molar-refractivity contribution in [1.29, 1.82) is 0 Å². The topological polar surface area (TPSA) is 61.9 Å². The number of piperidine rings is 1. The summed E-state index contributed by atoms with van der Waals surface area (Å²) in [5.41, 5.74) is 0.581. The largest absolute Gasteiger partial charge is 0.378 e. The van der Waals surface area contributed by atoms with Crippen LogP contribution < -0.4 is 5.32 Å². The first-order chi connectivity index (χ1) is 13.9. The third-order valence-corrected chi connectivity index (χ3v) is 6.20. The summed E-state index contributed by atoms with van der Waals surface area (Å²) in [7, 11) is 0. The average Bonchev–Trinajstić information content (AvgIpc) is 2.74. The van der Waals surface area contributed by atoms with Gasteiger partial charge in [0.25, 0.3) is 5.76 Å². The van der Waals surface area contributed by atoms with E-state index in [1.807, 2.05) is 11.8 Å². The van der Waals surface area contributed by atoms with E-state index in [-0.39, 0.29) is 23.8 Å². The standard InChI is InChI=1S/C20H27F2N3O3S/c1-14(18(26)23-16-2-4-17(5-3-16)29-20(21)22)24-8-6-15(7-9-24)19(27)25-10-12-28-13-11-25/h2-5,14-15,20H,6-13H2,1H3,(H,23,26)/t14-/m1/s1. The number of alkyl halides is 2. The van der Waals surface area contributed by atoms with Gasteiger partial charge in [-0.1, -0.05) is 11.8 Å². The molecule has 2 aliphatic rings. The van der Waals surface area contributed by atoms with Crippen molar-refractivity contribution in [3.05, 3.63) is 24.3 Å². The number of rotatable bonds is 6. The van der Waals surface area contributed by atoms with Crippen molar-refractivity contribution in [3.63, 3.8) is 0 Å². The van der Waals surface area contributed by atoms with Crippen LogP contribution in [0.4, 0.5) is 14.5 Å². The average molecular weight is 428 g/mol. The minimum Gasteiger partial charge on any atom is -0.378 e. The van der Waals surface area contributed by atoms with Gasteiger partial charge in [-0.05, 0) is 57.1 Å². The van der Waals surface area contributed by atoms with Crippen molar-refractivity contribution in [3.8, 4) is 0 Å². The SMILES string of the molecule is C[C@H](C(=O)Nc1ccc(SC(F)F)cc1)N1CCC(C(=O)N2CCOCC2)CC1. The Balaban J connectivity index is 1.46. The molecule has 2 aliphatic heterocycles. The van der Waals surface area contributed by atoms with Crippen molar-refractivity contribution < 1.29 is 23.1 Å². The predicted octanol–water partition coefficient (Wildman–Crippen LogP) is 2.90. The quantitative estimate of drug-likeness (QED) is 0.708. The number of thioether (sulfide) groups is 1. The lowest BCUT2D eigenvalue weighted by Gasteiger charge is -2.37. The van der Waals surface area contributed by atoms with E-state index in [1.54, 1.807) is 24.3 Å². The van der Waals surface area contributed by atoms with Gasteiger partial charge in [-0.25, -0.2) is 0 Å². The number of hydrogen-bond donors (Lipinski definition) is 1. The second-order valence-corrected chi connectivity index (χ2v) is 8.38. The van der Waals surface area contributed by atoms with E-state index in [0.717, 1.165) is 12.8 Å². The second kappa shape index (κ2) is 10.4. The molecule has 0 unspecified atom stereocenters. The maximum atomic E-state index is 12.6. The van der Waals surface area contributed by atoms with Crippen molar-refractivity contribution in [2.45, 2.75) is 36.5 Å². The van der Waals surface area contributed by atoms with Gasteiger partial charge in [0.05, 0.1) is 19.3 Å². The van der Waals surface area contributed by atoms with Gasteiger partial charge in [0.2, 0.25) is 11.8 Å². The van der Waals surface area contributed by atoms with Crippen molar-refractivity contribution in [2.24, 2.45) is 5.92 Å². The summed E-state index contributed by atoms with van der Waals surface area (Å²) in [6.07, 6.45) is 1.49. The van der Waals surface area contributed by atoms with Gasteiger partial charge in [-0.15, -0.1) is 0 Å². The molecule has 0 saturated carbocycles. The van der Waals surface area contributed by atoms with Crippen LogP contribution in [-0.4, -0.2) is 72.8 Å². The molecule has 0 spiro atoms. The van der Waals surface area contributed by atoms with Gasteiger partial charge in [-0.2, -0.15) is 8.78 Å². The van der Waals surface area contributed by atoms with E-state index in [4.69, 9.17) is 4.74 Å². The van der Waals surface area contributed by atoms with Crippen molar-refractivity contribution in [2.75, 3.05) is 44.7 Å². The fraction of sp³-hybridized carbons (Fsp3) is 0.600. The number of ether oxygens (including phenoxy) is 1. The van der Waals surface area contributed by atoms with Crippen LogP contribution in [0.5, 0.6) is 0 Å². The van der Waals surface area contributed by atoms with Gasteiger partial charge in [0, 0.05) is 29.6 Å². The Morgan fingerprint density at radius 1 is 1.10 bits per heavy atom. The third kappa shape index (κ3) is 6.13. The van der Waals surface area contributed by atoms with Gasteiger partial charge in [0.1, 0.15) is 0 Å². The van der Waals surface area contributed by atoms with Gasteiger partial charge in [-0.3, -0.25) is 14.5 Å². The first-order valence-corrected chi connectivity index (χ1v) is 10.8. The lowest BCUT2D eigenvalue weighted by atomic mass is 9.94. The molecule has 2 heterocycles. The molecule has 0 aliphatic carbocycles. The lowest BCUT2D eigenvalue weighted by molar-refractivity contribution is -0.141. The number of anilines is 1. The maximum absolute atomic E-state index is 12.6. The van der Waals surface area contributed by atoms with Crippen LogP contribution in [0, 0.1) is 5.92 Å². The van der Waals surface area contributed by atoms with Crippen LogP contribution in [0.25, 0.3) is 0 Å². The second-order valence-electron chi connectivity index (χ2n) is 7.32. The number of halogens is 2. The normalized spacial score (nSPS) is 19.9. The Kier molecular flexibility index (Phi) is 7.85. The molecule has 0 bridgehead atoms. The molecular formula is C20H27F2N3O3S. The van der Waals surface area contributed by atoms with E-state index < -0.39 is 5.76 Å². The number of nitrogens with zero attached hydrogens (tertiary/aromatic N) is 2. The Hall–Kier alpha value is -1.71. The summed E-state index contributed by atoms with van der Waals surface area (Å²) >= 11 is 0.476. The van der Waals surface area contributed by atoms with Gasteiger partial charge >= 0.3 is 0 Å². The molecule has 1 aromatic rings. The summed E-state index contributed by atoms with van der Waals surface area (Å²) in [5.74, 6) is -2.39. The molecule has 29 heavy (non-hydrogen) atoms. The molecule has 0 radical (unpaired) electrons. The minimum absolute atomic E-state index is 0.0134. The highest BCUT2D eigenvalue weighted by Gasteiger charge is 2.32. The minimum atomic E-state index is -2.46. The molecule has 0 aromatic heterocycles. The Morgan fingerprint density at radius 2 is 1.72 bits per heavy atom. The molecule has 6 nitrogen and oxygen atoms in total. The van der Waals surface area contributed by atoms with Crippen LogP contribution >= 0.6 is 11.8 Å². The first-order valence-electron chi connectivity index (χ1n) is 9.90. The Morgan fingerprint density at radius 3 is 2.31 bits per heavy atom. The third-order valence-electron chi connectivity index (χ3n) is 5.48. The van der Waals surface area contributed by atoms with Crippen LogP contribution in [0.3, 0.4) is 0 Å². The van der Waals surface area contributed by atoms with E-state index >= 15 is 0 Å². The number of carbonyl (C=O) groups excluding carboxylic acids is 2. The fourth-order valence-corrected chi connectivity index (χ4v) is 4.21. The summed E-state index contributed by atoms with van der Waals surface area (Å²) < 4.78 is 30.1. The van der Waals surface area contributed by atoms with Crippen LogP contribution in [-0.2, 0) is 14.3 Å². The summed E-state index contributed by atoms with van der Waals surface area (Å²) in [4.78, 5) is 29.6. The number of carbonyl (C=O) groups is 2. The zero-order chi connectivity index (χ0) is 20.8. The van der Waals surface area contributed by atoms with Gasteiger partial charge in [0.15, 0.2) is 0 Å². The zero-order valence-corrected chi connectivity index (χ0v) is 17.3. The number of benzene rings is 1. The molecule has 1 atom stereocenters. The maximum Gasteiger partial charge on any atom is 0.288 e. The summed E-state index contributed by atoms with van der Waals surface area (Å²) in [5, 5.41) is 2.84. The number of likely N-dealkylation sites (tertiary alicyclic amines) is 1. The van der Waals surface area contributed by atoms with E-state index in [9.17, 15) is 18.4 Å². The van der Waals surface area contributed by atoms with Crippen LogP contribution in [0.1, 0.15) is 19.8 Å². The van der Waals surface area contributed by atoms with Crippen LogP contribution in [0.15, 0.2) is 29.2 Å². The highest BCUT2D eigenvalue weighted by Crippen LogP contribution is 2.26. The molecule has 160 valence electrons. The van der Waals surface area contributed by atoms with E-state index in [2.05, 4.69) is 10.2 Å². The van der Waals surface area contributed by atoms with Gasteiger partial charge < -0.3 is 15.0 Å². The summed E-state index contributed by atoms with van der Waals surface area (Å²) in [6.45, 7) is 5.76. The molecular weight excluding hydrogens is 400 g/mol. The smallest absolute Gasteiger partial charge is 0.288 e. The molecule has 2 amide bonds. The van der Waals surface area contributed by atoms with Crippen LogP contribution in [0.2, 0.25) is 0 Å². The lowest BCUT2D eigenvalue weighted by Crippen LogP contribution is -2.50. The highest BCUT2D eigenvalue weighted by atomic mass is 32.2. The Labute approximate surface area is 173 Å². The number of hydrogen-bond acceptors (Lipinski definition) is 5. The highest BCUT2D eigenvalue weighted by molar-refractivity contribution is 7.99. The first kappa shape index (κ1) is 22.0. The zero-order valence-electron chi connectivity index (χ0n) is 16.5.